The Morgan fingerprint density at radius 3 is 2.83 bits per heavy atom. The largest absolute Gasteiger partial charge is 0.444 e. The third-order valence-corrected chi connectivity index (χ3v) is 4.06. The minimum atomic E-state index is -0.446. The summed E-state index contributed by atoms with van der Waals surface area (Å²) in [6.45, 7) is 11.2. The maximum atomic E-state index is 11.6. The van der Waals surface area contributed by atoms with Crippen LogP contribution in [0.25, 0.3) is 0 Å². The van der Waals surface area contributed by atoms with E-state index in [-0.39, 0.29) is 6.09 Å². The molecule has 1 aliphatic heterocycles. The first-order valence-electron chi connectivity index (χ1n) is 8.32. The molecule has 23 heavy (non-hydrogen) atoms. The average Bonchev–Trinajstić information content (AvgIpc) is 2.46. The van der Waals surface area contributed by atoms with Crippen LogP contribution in [0.1, 0.15) is 43.9 Å². The molecule has 2 rings (SSSR count). The zero-order valence-electron chi connectivity index (χ0n) is 14.7. The number of nitrogen functional groups attached to an aromatic ring is 1. The summed E-state index contributed by atoms with van der Waals surface area (Å²) in [7, 11) is 0. The number of aryl methyl sites for hydroxylation is 1. The van der Waals surface area contributed by atoms with Crippen molar-refractivity contribution in [3.63, 3.8) is 0 Å². The molecule has 128 valence electrons. The number of nitrogens with zero attached hydrogens (tertiary/aromatic N) is 1. The van der Waals surface area contributed by atoms with Crippen LogP contribution in [0.15, 0.2) is 12.1 Å². The number of benzene rings is 1. The summed E-state index contributed by atoms with van der Waals surface area (Å²) in [5, 5.41) is 2.81. The Kier molecular flexibility index (Phi) is 5.52. The number of anilines is 1. The normalized spacial score (nSPS) is 15.1. The first-order chi connectivity index (χ1) is 10.8. The van der Waals surface area contributed by atoms with Crippen molar-refractivity contribution in [3.8, 4) is 0 Å². The van der Waals surface area contributed by atoms with Gasteiger partial charge in [0.05, 0.1) is 0 Å². The van der Waals surface area contributed by atoms with E-state index in [0.29, 0.717) is 6.54 Å². The maximum absolute atomic E-state index is 11.6. The van der Waals surface area contributed by atoms with E-state index < -0.39 is 5.60 Å². The number of rotatable bonds is 4. The molecule has 1 amide bonds. The molecule has 0 radical (unpaired) electrons. The lowest BCUT2D eigenvalue weighted by Crippen LogP contribution is -2.36. The lowest BCUT2D eigenvalue weighted by molar-refractivity contribution is 0.0525. The number of fused-ring (bicyclic) bond motifs is 1. The number of alkyl carbamates (subject to hydrolysis) is 1. The van der Waals surface area contributed by atoms with Crippen LogP contribution < -0.4 is 11.1 Å². The molecule has 1 aromatic rings. The highest BCUT2D eigenvalue weighted by Crippen LogP contribution is 2.26. The van der Waals surface area contributed by atoms with Gasteiger partial charge in [0.15, 0.2) is 0 Å². The van der Waals surface area contributed by atoms with Crippen molar-refractivity contribution < 1.29 is 9.53 Å². The standard InChI is InChI=1S/C18H29N3O2/c1-13-6-7-14-12-21(11-8-15(14)16(13)19)10-5-9-20-17(22)23-18(2,3)4/h6-7H,5,8-12,19H2,1-4H3,(H,20,22). The smallest absolute Gasteiger partial charge is 0.407 e. The minimum absolute atomic E-state index is 0.343. The summed E-state index contributed by atoms with van der Waals surface area (Å²) < 4.78 is 5.22. The number of hydrogen-bond acceptors (Lipinski definition) is 4. The van der Waals surface area contributed by atoms with E-state index >= 15 is 0 Å². The highest BCUT2D eigenvalue weighted by Gasteiger charge is 2.19. The fraction of sp³-hybridized carbons (Fsp3) is 0.611. The van der Waals surface area contributed by atoms with Crippen LogP contribution in [0.4, 0.5) is 10.5 Å². The van der Waals surface area contributed by atoms with Crippen LogP contribution in [0.3, 0.4) is 0 Å². The van der Waals surface area contributed by atoms with Gasteiger partial charge < -0.3 is 15.8 Å². The average molecular weight is 319 g/mol. The molecule has 5 nitrogen and oxygen atoms in total. The summed E-state index contributed by atoms with van der Waals surface area (Å²) in [5.41, 5.74) is 10.5. The van der Waals surface area contributed by atoms with E-state index in [4.69, 9.17) is 10.5 Å². The second-order valence-electron chi connectivity index (χ2n) is 7.24. The number of hydrogen-bond donors (Lipinski definition) is 2. The summed E-state index contributed by atoms with van der Waals surface area (Å²) in [6.07, 6.45) is 1.57. The first-order valence-corrected chi connectivity index (χ1v) is 8.32. The van der Waals surface area contributed by atoms with E-state index in [1.54, 1.807) is 0 Å². The number of carbonyl (C=O) groups is 1. The van der Waals surface area contributed by atoms with Gasteiger partial charge in [-0.2, -0.15) is 0 Å². The van der Waals surface area contributed by atoms with Crippen molar-refractivity contribution in [2.24, 2.45) is 0 Å². The van der Waals surface area contributed by atoms with Crippen molar-refractivity contribution in [1.82, 2.24) is 10.2 Å². The van der Waals surface area contributed by atoms with Crippen molar-refractivity contribution in [3.05, 3.63) is 28.8 Å². The Morgan fingerprint density at radius 2 is 2.13 bits per heavy atom. The molecule has 5 heteroatoms. The van der Waals surface area contributed by atoms with Crippen molar-refractivity contribution in [2.75, 3.05) is 25.4 Å². The Labute approximate surface area is 139 Å². The molecule has 0 spiro atoms. The SMILES string of the molecule is Cc1ccc2c(c1N)CCN(CCCNC(=O)OC(C)(C)C)C2. The topological polar surface area (TPSA) is 67.6 Å². The van der Waals surface area contributed by atoms with Crippen LogP contribution >= 0.6 is 0 Å². The van der Waals surface area contributed by atoms with Gasteiger partial charge in [-0.15, -0.1) is 0 Å². The second-order valence-corrected chi connectivity index (χ2v) is 7.24. The lowest BCUT2D eigenvalue weighted by atomic mass is 9.95. The number of ether oxygens (including phenoxy) is 1. The molecule has 1 heterocycles. The van der Waals surface area contributed by atoms with E-state index in [1.807, 2.05) is 20.8 Å². The summed E-state index contributed by atoms with van der Waals surface area (Å²) in [6, 6.07) is 4.29. The summed E-state index contributed by atoms with van der Waals surface area (Å²) in [4.78, 5) is 14.0. The van der Waals surface area contributed by atoms with Crippen molar-refractivity contribution in [2.45, 2.75) is 52.7 Å². The first kappa shape index (κ1) is 17.6. The van der Waals surface area contributed by atoms with Crippen LogP contribution in [0, 0.1) is 6.92 Å². The molecule has 3 N–H and O–H groups in total. The van der Waals surface area contributed by atoms with Gasteiger partial charge in [-0.25, -0.2) is 4.79 Å². The fourth-order valence-corrected chi connectivity index (χ4v) is 2.86. The monoisotopic (exact) mass is 319 g/mol. The lowest BCUT2D eigenvalue weighted by Gasteiger charge is -2.30. The van der Waals surface area contributed by atoms with Gasteiger partial charge in [0.2, 0.25) is 0 Å². The van der Waals surface area contributed by atoms with Gasteiger partial charge in [0, 0.05) is 31.9 Å². The van der Waals surface area contributed by atoms with Crippen LogP contribution in [0.2, 0.25) is 0 Å². The van der Waals surface area contributed by atoms with Gasteiger partial charge in [0.1, 0.15) is 5.60 Å². The molecule has 0 unspecified atom stereocenters. The highest BCUT2D eigenvalue weighted by atomic mass is 16.6. The Morgan fingerprint density at radius 1 is 1.39 bits per heavy atom. The second kappa shape index (κ2) is 7.21. The number of nitrogens with one attached hydrogen (secondary N) is 1. The number of amides is 1. The molecule has 0 aromatic heterocycles. The molecule has 0 aliphatic carbocycles. The van der Waals surface area contributed by atoms with Gasteiger partial charge in [-0.05, 0) is 57.2 Å². The van der Waals surface area contributed by atoms with E-state index in [9.17, 15) is 4.79 Å². The quantitative estimate of drug-likeness (QED) is 0.661. The van der Waals surface area contributed by atoms with Gasteiger partial charge in [0.25, 0.3) is 0 Å². The van der Waals surface area contributed by atoms with Crippen molar-refractivity contribution in [1.29, 1.82) is 0 Å². The zero-order valence-corrected chi connectivity index (χ0v) is 14.7. The van der Waals surface area contributed by atoms with E-state index in [2.05, 4.69) is 29.3 Å². The molecule has 0 atom stereocenters. The van der Waals surface area contributed by atoms with Gasteiger partial charge in [-0.3, -0.25) is 4.90 Å². The Balaban J connectivity index is 1.74. The van der Waals surface area contributed by atoms with Crippen LogP contribution in [-0.4, -0.2) is 36.2 Å². The molecule has 1 aromatic carbocycles. The van der Waals surface area contributed by atoms with E-state index in [0.717, 1.165) is 38.2 Å². The van der Waals surface area contributed by atoms with Gasteiger partial charge in [-0.1, -0.05) is 12.1 Å². The molecule has 0 saturated heterocycles. The molecule has 0 fully saturated rings. The predicted molar refractivity (Wildman–Crippen MR) is 93.4 cm³/mol. The Hall–Kier alpha value is -1.75. The predicted octanol–water partition coefficient (Wildman–Crippen LogP) is 2.85. The summed E-state index contributed by atoms with van der Waals surface area (Å²) in [5.74, 6) is 0. The molecule has 1 aliphatic rings. The van der Waals surface area contributed by atoms with E-state index in [1.165, 1.54) is 16.7 Å². The third-order valence-electron chi connectivity index (χ3n) is 4.06. The summed E-state index contributed by atoms with van der Waals surface area (Å²) >= 11 is 0. The molecule has 0 bridgehead atoms. The minimum Gasteiger partial charge on any atom is -0.444 e. The van der Waals surface area contributed by atoms with Crippen LogP contribution in [-0.2, 0) is 17.7 Å². The Bertz CT molecular complexity index is 564. The number of nitrogens with two attached hydrogens (primary N) is 1. The van der Waals surface area contributed by atoms with Crippen molar-refractivity contribution >= 4 is 11.8 Å². The zero-order chi connectivity index (χ0) is 17.0. The maximum Gasteiger partial charge on any atom is 0.407 e. The molecule has 0 saturated carbocycles. The third kappa shape index (κ3) is 5.13. The highest BCUT2D eigenvalue weighted by molar-refractivity contribution is 5.67. The van der Waals surface area contributed by atoms with Crippen LogP contribution in [0.5, 0.6) is 0 Å². The van der Waals surface area contributed by atoms with Gasteiger partial charge >= 0.3 is 6.09 Å². The molecular formula is C18H29N3O2. The fourth-order valence-electron chi connectivity index (χ4n) is 2.86. The molecular weight excluding hydrogens is 290 g/mol. The number of carbonyl (C=O) groups excluding carboxylic acids is 1.